The molecule has 2 atom stereocenters. The Morgan fingerprint density at radius 3 is 2.83 bits per heavy atom. The summed E-state index contributed by atoms with van der Waals surface area (Å²) in [7, 11) is 0. The average Bonchev–Trinajstić information content (AvgIpc) is 3.23. The number of oxime groups is 1. The Morgan fingerprint density at radius 1 is 1.35 bits per heavy atom. The number of carbonyl (C=O) groups excluding carboxylic acids is 2. The molecule has 0 radical (unpaired) electrons. The van der Waals surface area contributed by atoms with Crippen LogP contribution in [0.1, 0.15) is 19.3 Å². The van der Waals surface area contributed by atoms with Gasteiger partial charge in [0.05, 0.1) is 6.54 Å². The quantitative estimate of drug-likeness (QED) is 0.822. The third kappa shape index (κ3) is 3.44. The molecule has 0 unspecified atom stereocenters. The molecule has 0 aromatic heterocycles. The summed E-state index contributed by atoms with van der Waals surface area (Å²) < 4.78 is 0. The molecule has 7 nitrogen and oxygen atoms in total. The summed E-state index contributed by atoms with van der Waals surface area (Å²) in [6.45, 7) is 1.19. The van der Waals surface area contributed by atoms with Gasteiger partial charge in [0.1, 0.15) is 11.8 Å². The van der Waals surface area contributed by atoms with E-state index >= 15 is 0 Å². The number of carbonyl (C=O) groups is 2. The minimum absolute atomic E-state index is 0.0255. The van der Waals surface area contributed by atoms with Crippen LogP contribution in [0, 0.1) is 0 Å². The van der Waals surface area contributed by atoms with Crippen LogP contribution in [-0.4, -0.2) is 42.8 Å². The molecule has 2 aliphatic rings. The molecular weight excluding hydrogens is 296 g/mol. The van der Waals surface area contributed by atoms with Crippen molar-refractivity contribution in [3.63, 3.8) is 0 Å². The van der Waals surface area contributed by atoms with E-state index in [-0.39, 0.29) is 23.8 Å². The van der Waals surface area contributed by atoms with Crippen LogP contribution in [0.3, 0.4) is 0 Å². The SMILES string of the molecule is NC(=O)C1=NO[C@H](CNC(=O)[C@@H]2CCCN2c2ccccc2)C1. The lowest BCUT2D eigenvalue weighted by molar-refractivity contribution is -0.122. The number of hydrogen-bond donors (Lipinski definition) is 2. The molecule has 1 aromatic rings. The molecule has 7 heteroatoms. The van der Waals surface area contributed by atoms with Gasteiger partial charge in [-0.3, -0.25) is 9.59 Å². The van der Waals surface area contributed by atoms with E-state index in [4.69, 9.17) is 10.6 Å². The molecule has 1 aromatic carbocycles. The second-order valence-corrected chi connectivity index (χ2v) is 5.77. The number of nitrogens with two attached hydrogens (primary N) is 1. The van der Waals surface area contributed by atoms with Crippen LogP contribution in [0.5, 0.6) is 0 Å². The molecule has 23 heavy (non-hydrogen) atoms. The zero-order valence-corrected chi connectivity index (χ0v) is 12.8. The predicted octanol–water partition coefficient (Wildman–Crippen LogP) is 0.402. The first-order valence-electron chi connectivity index (χ1n) is 7.77. The lowest BCUT2D eigenvalue weighted by atomic mass is 10.1. The Hall–Kier alpha value is -2.57. The van der Waals surface area contributed by atoms with Gasteiger partial charge < -0.3 is 20.8 Å². The second kappa shape index (κ2) is 6.68. The highest BCUT2D eigenvalue weighted by Gasteiger charge is 2.32. The Kier molecular flexibility index (Phi) is 4.45. The zero-order chi connectivity index (χ0) is 16.2. The molecule has 1 fully saturated rings. The molecule has 122 valence electrons. The molecule has 1 saturated heterocycles. The minimum Gasteiger partial charge on any atom is -0.390 e. The monoisotopic (exact) mass is 316 g/mol. The average molecular weight is 316 g/mol. The molecule has 2 aliphatic heterocycles. The minimum atomic E-state index is -0.579. The first-order valence-corrected chi connectivity index (χ1v) is 7.77. The van der Waals surface area contributed by atoms with E-state index in [0.29, 0.717) is 13.0 Å². The topological polar surface area (TPSA) is 97.0 Å². The molecule has 2 amide bonds. The molecule has 2 heterocycles. The normalized spacial score (nSPS) is 23.3. The van der Waals surface area contributed by atoms with Crippen LogP contribution in [0.15, 0.2) is 35.5 Å². The molecule has 0 aliphatic carbocycles. The fraction of sp³-hybridized carbons (Fsp3) is 0.438. The molecule has 3 N–H and O–H groups in total. The highest BCUT2D eigenvalue weighted by molar-refractivity contribution is 6.38. The van der Waals surface area contributed by atoms with Crippen LogP contribution in [0.4, 0.5) is 5.69 Å². The van der Waals surface area contributed by atoms with Gasteiger partial charge in [0, 0.05) is 18.7 Å². The number of nitrogens with zero attached hydrogens (tertiary/aromatic N) is 2. The standard InChI is InChI=1S/C16H20N4O3/c17-15(21)13-9-12(23-19-13)10-18-16(22)14-7-4-8-20(14)11-5-2-1-3-6-11/h1-3,5-6,12,14H,4,7-10H2,(H2,17,21)(H,18,22)/t12-,14-/m0/s1. The van der Waals surface area contributed by atoms with Crippen molar-refractivity contribution in [1.29, 1.82) is 0 Å². The van der Waals surface area contributed by atoms with Crippen LogP contribution in [0.2, 0.25) is 0 Å². The van der Waals surface area contributed by atoms with Crippen LogP contribution >= 0.6 is 0 Å². The van der Waals surface area contributed by atoms with E-state index in [2.05, 4.69) is 15.4 Å². The van der Waals surface area contributed by atoms with Gasteiger partial charge >= 0.3 is 0 Å². The van der Waals surface area contributed by atoms with E-state index in [1.807, 2.05) is 30.3 Å². The van der Waals surface area contributed by atoms with Crippen LogP contribution in [0.25, 0.3) is 0 Å². The van der Waals surface area contributed by atoms with Crippen LogP contribution < -0.4 is 16.0 Å². The van der Waals surface area contributed by atoms with E-state index in [1.165, 1.54) is 0 Å². The first kappa shape index (κ1) is 15.3. The number of rotatable bonds is 5. The summed E-state index contributed by atoms with van der Waals surface area (Å²) in [5.74, 6) is -0.604. The Morgan fingerprint density at radius 2 is 2.13 bits per heavy atom. The van der Waals surface area contributed by atoms with Crippen molar-refractivity contribution < 1.29 is 14.4 Å². The smallest absolute Gasteiger partial charge is 0.266 e. The molecular formula is C16H20N4O3. The highest BCUT2D eigenvalue weighted by Crippen LogP contribution is 2.25. The summed E-state index contributed by atoms with van der Waals surface area (Å²) >= 11 is 0. The number of nitrogens with one attached hydrogen (secondary N) is 1. The van der Waals surface area contributed by atoms with Gasteiger partial charge in [-0.1, -0.05) is 23.4 Å². The lowest BCUT2D eigenvalue weighted by Gasteiger charge is -2.26. The van der Waals surface area contributed by atoms with Crippen LogP contribution in [-0.2, 0) is 14.4 Å². The van der Waals surface area contributed by atoms with Gasteiger partial charge in [-0.25, -0.2) is 0 Å². The summed E-state index contributed by atoms with van der Waals surface area (Å²) in [6.07, 6.45) is 1.83. The van der Waals surface area contributed by atoms with Crippen molar-refractivity contribution in [2.24, 2.45) is 10.9 Å². The number of hydrogen-bond acceptors (Lipinski definition) is 5. The maximum atomic E-state index is 12.5. The largest absolute Gasteiger partial charge is 0.390 e. The van der Waals surface area contributed by atoms with Crippen molar-refractivity contribution in [1.82, 2.24) is 5.32 Å². The van der Waals surface area contributed by atoms with E-state index in [9.17, 15) is 9.59 Å². The van der Waals surface area contributed by atoms with Gasteiger partial charge in [-0.15, -0.1) is 0 Å². The number of benzene rings is 1. The summed E-state index contributed by atoms with van der Waals surface area (Å²) in [4.78, 5) is 30.7. The van der Waals surface area contributed by atoms with Crippen molar-refractivity contribution in [2.45, 2.75) is 31.4 Å². The van der Waals surface area contributed by atoms with Crippen molar-refractivity contribution in [2.75, 3.05) is 18.0 Å². The third-order valence-electron chi connectivity index (χ3n) is 4.16. The number of para-hydroxylation sites is 1. The Bertz CT molecular complexity index is 617. The first-order chi connectivity index (χ1) is 11.1. The van der Waals surface area contributed by atoms with E-state index < -0.39 is 5.91 Å². The maximum absolute atomic E-state index is 12.5. The van der Waals surface area contributed by atoms with Gasteiger partial charge in [-0.05, 0) is 25.0 Å². The zero-order valence-electron chi connectivity index (χ0n) is 12.8. The third-order valence-corrected chi connectivity index (χ3v) is 4.16. The fourth-order valence-electron chi connectivity index (χ4n) is 2.98. The van der Waals surface area contributed by atoms with Crippen molar-refractivity contribution in [3.8, 4) is 0 Å². The summed E-state index contributed by atoms with van der Waals surface area (Å²) in [5.41, 5.74) is 6.43. The number of anilines is 1. The molecule has 0 saturated carbocycles. The van der Waals surface area contributed by atoms with E-state index in [1.54, 1.807) is 0 Å². The second-order valence-electron chi connectivity index (χ2n) is 5.77. The highest BCUT2D eigenvalue weighted by atomic mass is 16.6. The van der Waals surface area contributed by atoms with Crippen molar-refractivity contribution in [3.05, 3.63) is 30.3 Å². The summed E-state index contributed by atoms with van der Waals surface area (Å²) in [5, 5.41) is 6.53. The van der Waals surface area contributed by atoms with Crippen molar-refractivity contribution >= 4 is 23.2 Å². The van der Waals surface area contributed by atoms with Gasteiger partial charge in [0.25, 0.3) is 5.91 Å². The van der Waals surface area contributed by atoms with E-state index in [0.717, 1.165) is 25.1 Å². The molecule has 3 rings (SSSR count). The van der Waals surface area contributed by atoms with Gasteiger partial charge in [0.15, 0.2) is 6.10 Å². The maximum Gasteiger partial charge on any atom is 0.266 e. The van der Waals surface area contributed by atoms with Gasteiger partial charge in [-0.2, -0.15) is 0 Å². The number of amides is 2. The predicted molar refractivity (Wildman–Crippen MR) is 85.9 cm³/mol. The number of primary amides is 1. The Balaban J connectivity index is 1.53. The van der Waals surface area contributed by atoms with Gasteiger partial charge in [0.2, 0.25) is 5.91 Å². The fourth-order valence-corrected chi connectivity index (χ4v) is 2.98. The molecule has 0 bridgehead atoms. The Labute approximate surface area is 134 Å². The summed E-state index contributed by atoms with van der Waals surface area (Å²) in [6, 6.07) is 9.75. The lowest BCUT2D eigenvalue weighted by Crippen LogP contribution is -2.45. The molecule has 0 spiro atoms.